The van der Waals surface area contributed by atoms with Crippen LogP contribution in [0, 0.1) is 0 Å². The second-order valence-electron chi connectivity index (χ2n) is 7.86. The van der Waals surface area contributed by atoms with Gasteiger partial charge in [-0.2, -0.15) is 0 Å². The van der Waals surface area contributed by atoms with Gasteiger partial charge in [0.1, 0.15) is 18.3 Å². The molecule has 0 bridgehead atoms. The highest BCUT2D eigenvalue weighted by atomic mass is 32.4. The Bertz CT molecular complexity index is 1110. The van der Waals surface area contributed by atoms with Crippen molar-refractivity contribution in [1.29, 1.82) is 0 Å². The average molecular weight is 607 g/mol. The van der Waals surface area contributed by atoms with E-state index in [-0.39, 0.29) is 12.6 Å². The quantitative estimate of drug-likeness (QED) is 0.129. The van der Waals surface area contributed by atoms with E-state index in [2.05, 4.69) is 5.10 Å². The van der Waals surface area contributed by atoms with Gasteiger partial charge in [-0.05, 0) is 53.9 Å². The van der Waals surface area contributed by atoms with E-state index in [0.717, 1.165) is 16.9 Å². The Morgan fingerprint density at radius 3 is 1.82 bits per heavy atom. The predicted octanol–water partition coefficient (Wildman–Crippen LogP) is 5.55. The number of rotatable bonds is 17. The zero-order valence-corrected chi connectivity index (χ0v) is 25.9. The van der Waals surface area contributed by atoms with Gasteiger partial charge in [-0.3, -0.25) is 18.6 Å². The second-order valence-corrected chi connectivity index (χ2v) is 14.5. The molecule has 2 aromatic carbocycles. The lowest BCUT2D eigenvalue weighted by Gasteiger charge is -2.27. The van der Waals surface area contributed by atoms with Crippen molar-refractivity contribution in [1.82, 2.24) is 9.68 Å². The molecule has 0 aromatic heterocycles. The Kier molecular flexibility index (Phi) is 13.5. The van der Waals surface area contributed by atoms with Gasteiger partial charge in [0.2, 0.25) is 11.8 Å². The predicted molar refractivity (Wildman–Crippen MR) is 153 cm³/mol. The number of hydrazone groups is 1. The van der Waals surface area contributed by atoms with Crippen LogP contribution in [-0.2, 0) is 45.5 Å². The van der Waals surface area contributed by atoms with Crippen molar-refractivity contribution in [2.75, 3.05) is 61.7 Å². The van der Waals surface area contributed by atoms with E-state index in [0.29, 0.717) is 18.7 Å². The van der Waals surface area contributed by atoms with Gasteiger partial charge >= 0.3 is 22.3 Å². The molecule has 11 nitrogen and oxygen atoms in total. The minimum absolute atomic E-state index is 0.0679. The van der Waals surface area contributed by atoms with Crippen LogP contribution in [0.3, 0.4) is 0 Å². The largest absolute Gasteiger partial charge is 0.540 e. The zero-order valence-electron chi connectivity index (χ0n) is 22.4. The molecular weight excluding hydrogens is 571 g/mol. The number of hydrogen-bond acceptors (Lipinski definition) is 11. The van der Waals surface area contributed by atoms with Crippen molar-refractivity contribution in [3.8, 4) is 11.5 Å². The number of ether oxygens (including phenoxy) is 1. The summed E-state index contributed by atoms with van der Waals surface area (Å²) in [6.45, 7) is 0.407. The monoisotopic (exact) mass is 606 g/mol. The maximum absolute atomic E-state index is 12.7. The van der Waals surface area contributed by atoms with Crippen molar-refractivity contribution < 1.29 is 36.5 Å². The third kappa shape index (κ3) is 10.5. The van der Waals surface area contributed by atoms with Crippen LogP contribution in [-0.4, -0.2) is 77.6 Å². The third-order valence-corrected chi connectivity index (χ3v) is 11.0. The molecule has 38 heavy (non-hydrogen) atoms. The Balaban J connectivity index is 1.98. The van der Waals surface area contributed by atoms with Gasteiger partial charge < -0.3 is 22.8 Å². The lowest BCUT2D eigenvalue weighted by Crippen LogP contribution is -2.29. The van der Waals surface area contributed by atoms with Crippen molar-refractivity contribution in [2.24, 2.45) is 5.10 Å². The molecule has 2 aromatic rings. The second kappa shape index (κ2) is 15.8. The van der Waals surface area contributed by atoms with Crippen LogP contribution >= 0.6 is 22.3 Å². The molecule has 15 heteroatoms. The summed E-state index contributed by atoms with van der Waals surface area (Å²) >= 11 is 5.49. The highest BCUT2D eigenvalue weighted by Crippen LogP contribution is 2.51. The lowest BCUT2D eigenvalue weighted by atomic mass is 10.1. The molecular formula is C23H35N3O8P3S+. The fourth-order valence-electron chi connectivity index (χ4n) is 3.09. The van der Waals surface area contributed by atoms with E-state index in [1.807, 2.05) is 48.5 Å². The first kappa shape index (κ1) is 32.5. The number of nitrogens with zero attached hydrogens (tertiary/aromatic N) is 3. The molecule has 0 spiro atoms. The molecule has 0 aliphatic carbocycles. The highest BCUT2D eigenvalue weighted by molar-refractivity contribution is 8.02. The molecule has 0 N–H and O–H groups in total. The number of benzene rings is 2. The van der Waals surface area contributed by atoms with Crippen LogP contribution in [0.15, 0.2) is 53.6 Å². The zero-order chi connectivity index (χ0) is 28.2. The SMILES string of the molecule is COc1ccc(/C=N/N(C)[P+](=S)Oc2ccc(CCN(CP(=O)(OC)OC)CP(=O)(OC)OC)cc2)cc1. The summed E-state index contributed by atoms with van der Waals surface area (Å²) in [7, 11) is 0.422. The van der Waals surface area contributed by atoms with Crippen LogP contribution in [0.4, 0.5) is 0 Å². The molecule has 0 aliphatic rings. The summed E-state index contributed by atoms with van der Waals surface area (Å²) in [5, 5.41) is 4.37. The normalized spacial score (nSPS) is 12.7. The first-order valence-electron chi connectivity index (χ1n) is 11.4. The molecule has 0 aliphatic heterocycles. The average Bonchev–Trinajstić information content (AvgIpc) is 2.95. The van der Waals surface area contributed by atoms with Crippen LogP contribution < -0.4 is 9.26 Å². The van der Waals surface area contributed by atoms with Crippen molar-refractivity contribution in [3.05, 3.63) is 59.7 Å². The van der Waals surface area contributed by atoms with Gasteiger partial charge in [-0.25, -0.2) is 0 Å². The minimum Gasteiger partial charge on any atom is -0.497 e. The smallest absolute Gasteiger partial charge is 0.497 e. The summed E-state index contributed by atoms with van der Waals surface area (Å²) in [5.74, 6) is 1.39. The van der Waals surface area contributed by atoms with Gasteiger partial charge in [0.25, 0.3) is 0 Å². The molecule has 0 fully saturated rings. The van der Waals surface area contributed by atoms with E-state index in [4.69, 9.17) is 39.2 Å². The fraction of sp³-hybridized carbons (Fsp3) is 0.435. The fourth-order valence-corrected chi connectivity index (χ4v) is 6.41. The molecule has 1 unspecified atom stereocenters. The third-order valence-electron chi connectivity index (χ3n) is 5.41. The summed E-state index contributed by atoms with van der Waals surface area (Å²) < 4.78 is 58.2. The van der Waals surface area contributed by atoms with E-state index >= 15 is 0 Å². The first-order valence-corrected chi connectivity index (χ1v) is 17.1. The van der Waals surface area contributed by atoms with E-state index in [9.17, 15) is 9.13 Å². The Hall–Kier alpha value is -1.71. The van der Waals surface area contributed by atoms with Crippen molar-refractivity contribution in [3.63, 3.8) is 0 Å². The summed E-state index contributed by atoms with van der Waals surface area (Å²) in [6.07, 6.45) is 2.14. The van der Waals surface area contributed by atoms with Crippen LogP contribution in [0.2, 0.25) is 0 Å². The standard InChI is InChI=1S/C23H35N3O8P3S/c1-25(24-17-21-9-11-22(29-2)12-10-21)35(38)34-23-13-7-20(8-14-23)15-16-26(18-36(27,30-3)31-4)19-37(28,32-5)33-6/h7-14,17H,15-16,18-19H2,1-6H3/q+1/b24-17+. The summed E-state index contributed by atoms with van der Waals surface area (Å²) in [4.78, 5) is 1.68. The molecule has 2 rings (SSSR count). The molecule has 0 radical (unpaired) electrons. The summed E-state index contributed by atoms with van der Waals surface area (Å²) in [5.41, 5.74) is 1.89. The highest BCUT2D eigenvalue weighted by Gasteiger charge is 2.31. The van der Waals surface area contributed by atoms with Gasteiger partial charge in [0.15, 0.2) is 5.75 Å². The molecule has 0 saturated carbocycles. The molecule has 1 atom stereocenters. The molecule has 0 saturated heterocycles. The van der Waals surface area contributed by atoms with Gasteiger partial charge in [-0.15, -0.1) is 5.10 Å². The van der Waals surface area contributed by atoms with Crippen LogP contribution in [0.5, 0.6) is 11.5 Å². The van der Waals surface area contributed by atoms with E-state index in [1.165, 1.54) is 28.4 Å². The maximum atomic E-state index is 12.7. The minimum atomic E-state index is -3.39. The maximum Gasteiger partial charge on any atom is 0.540 e. The van der Waals surface area contributed by atoms with Crippen molar-refractivity contribution in [2.45, 2.75) is 6.42 Å². The Labute approximate surface area is 230 Å². The lowest BCUT2D eigenvalue weighted by molar-refractivity contribution is 0.224. The van der Waals surface area contributed by atoms with E-state index in [1.54, 1.807) is 30.1 Å². The van der Waals surface area contributed by atoms with Crippen LogP contribution in [0.1, 0.15) is 11.1 Å². The van der Waals surface area contributed by atoms with Gasteiger partial charge in [-0.1, -0.05) is 16.9 Å². The van der Waals surface area contributed by atoms with Gasteiger partial charge in [0.05, 0.1) is 20.4 Å². The summed E-state index contributed by atoms with van der Waals surface area (Å²) in [6, 6.07) is 15.0. The van der Waals surface area contributed by atoms with E-state index < -0.39 is 22.3 Å². The molecule has 210 valence electrons. The Morgan fingerprint density at radius 2 is 1.34 bits per heavy atom. The van der Waals surface area contributed by atoms with Gasteiger partial charge in [0, 0.05) is 35.0 Å². The topological polar surface area (TPSA) is 108 Å². The first-order chi connectivity index (χ1) is 18.1. The number of hydrogen-bond donors (Lipinski definition) is 0. The molecule has 0 amide bonds. The van der Waals surface area contributed by atoms with Crippen LogP contribution in [0.25, 0.3) is 0 Å². The Morgan fingerprint density at radius 1 is 0.842 bits per heavy atom. The number of methoxy groups -OCH3 is 1. The molecule has 0 heterocycles. The van der Waals surface area contributed by atoms with Crippen molar-refractivity contribution >= 4 is 40.3 Å².